The summed E-state index contributed by atoms with van der Waals surface area (Å²) in [5, 5.41) is 20.6. The molecular formula is C19H14N8O4. The van der Waals surface area contributed by atoms with Gasteiger partial charge in [0.05, 0.1) is 10.9 Å². The van der Waals surface area contributed by atoms with Crippen LogP contribution in [0.3, 0.4) is 0 Å². The number of aliphatic hydroxyl groups excluding tert-OH is 1. The van der Waals surface area contributed by atoms with Crippen LogP contribution in [0.25, 0.3) is 34.0 Å². The van der Waals surface area contributed by atoms with Crippen LogP contribution < -0.4 is 15.0 Å². The summed E-state index contributed by atoms with van der Waals surface area (Å²) in [7, 11) is 0. The molecule has 0 fully saturated rings. The van der Waals surface area contributed by atoms with E-state index in [1.54, 1.807) is 12.3 Å². The number of aromatic nitrogens is 8. The number of hydrogen-bond donors (Lipinski definition) is 2. The van der Waals surface area contributed by atoms with Crippen molar-refractivity contribution in [3.63, 3.8) is 0 Å². The van der Waals surface area contributed by atoms with E-state index in [-0.39, 0.29) is 23.9 Å². The summed E-state index contributed by atoms with van der Waals surface area (Å²) in [6.07, 6.45) is 2.99. The number of nitrogens with zero attached hydrogens (tertiary/aromatic N) is 7. The van der Waals surface area contributed by atoms with Gasteiger partial charge in [-0.3, -0.25) is 9.89 Å². The van der Waals surface area contributed by atoms with Crippen molar-refractivity contribution in [2.24, 2.45) is 0 Å². The lowest BCUT2D eigenvalue weighted by atomic mass is 10.2. The molecule has 6 rings (SSSR count). The molecule has 154 valence electrons. The van der Waals surface area contributed by atoms with Crippen molar-refractivity contribution in [2.75, 3.05) is 13.2 Å². The smallest absolute Gasteiger partial charge is 0.268 e. The van der Waals surface area contributed by atoms with Crippen LogP contribution in [0.1, 0.15) is 5.82 Å². The maximum Gasteiger partial charge on any atom is 0.268 e. The van der Waals surface area contributed by atoms with Crippen LogP contribution in [0, 0.1) is 0 Å². The summed E-state index contributed by atoms with van der Waals surface area (Å²) in [6, 6.07) is 7.19. The molecule has 0 saturated heterocycles. The predicted octanol–water partition coefficient (Wildman–Crippen LogP) is 0.477. The van der Waals surface area contributed by atoms with Gasteiger partial charge in [0, 0.05) is 18.0 Å². The fourth-order valence-electron chi connectivity index (χ4n) is 3.45. The van der Waals surface area contributed by atoms with Gasteiger partial charge in [-0.1, -0.05) is 0 Å². The van der Waals surface area contributed by atoms with E-state index in [0.717, 1.165) is 5.56 Å². The fourth-order valence-corrected chi connectivity index (χ4v) is 3.45. The number of nitrogens with one attached hydrogen (secondary N) is 1. The number of H-pyrrole nitrogens is 1. The summed E-state index contributed by atoms with van der Waals surface area (Å²) in [5.41, 5.74) is 0.917. The Morgan fingerprint density at radius 2 is 2.00 bits per heavy atom. The monoisotopic (exact) mass is 418 g/mol. The van der Waals surface area contributed by atoms with E-state index < -0.39 is 0 Å². The zero-order valence-corrected chi connectivity index (χ0v) is 15.9. The Kier molecular flexibility index (Phi) is 3.73. The molecule has 0 bridgehead atoms. The van der Waals surface area contributed by atoms with Gasteiger partial charge in [0.1, 0.15) is 19.8 Å². The van der Waals surface area contributed by atoms with Gasteiger partial charge in [0.15, 0.2) is 23.1 Å². The highest BCUT2D eigenvalue weighted by molar-refractivity contribution is 5.79. The Bertz CT molecular complexity index is 1520. The quantitative estimate of drug-likeness (QED) is 0.427. The first-order valence-corrected chi connectivity index (χ1v) is 9.41. The number of pyridine rings is 1. The second-order valence-electron chi connectivity index (χ2n) is 6.79. The van der Waals surface area contributed by atoms with Crippen molar-refractivity contribution in [1.82, 2.24) is 39.3 Å². The minimum absolute atomic E-state index is 0.131. The first kappa shape index (κ1) is 17.5. The fraction of sp³-hybridized carbons (Fsp3) is 0.158. The van der Waals surface area contributed by atoms with Crippen LogP contribution in [0.15, 0.2) is 41.5 Å². The predicted molar refractivity (Wildman–Crippen MR) is 106 cm³/mol. The first-order valence-electron chi connectivity index (χ1n) is 9.41. The maximum atomic E-state index is 13.0. The van der Waals surface area contributed by atoms with E-state index in [1.165, 1.54) is 15.3 Å². The molecule has 5 aromatic rings. The summed E-state index contributed by atoms with van der Waals surface area (Å²) < 4.78 is 14.0. The highest BCUT2D eigenvalue weighted by Crippen LogP contribution is 2.33. The molecule has 31 heavy (non-hydrogen) atoms. The highest BCUT2D eigenvalue weighted by Gasteiger charge is 2.17. The summed E-state index contributed by atoms with van der Waals surface area (Å²) in [6.45, 7) is 0.693. The average Bonchev–Trinajstić information content (AvgIpc) is 3.46. The van der Waals surface area contributed by atoms with Gasteiger partial charge in [-0.2, -0.15) is 14.5 Å². The number of benzene rings is 1. The van der Waals surface area contributed by atoms with Gasteiger partial charge in [0.25, 0.3) is 17.3 Å². The third kappa shape index (κ3) is 2.73. The molecule has 0 saturated carbocycles. The molecule has 1 aromatic carbocycles. The second kappa shape index (κ2) is 6.60. The summed E-state index contributed by atoms with van der Waals surface area (Å²) >= 11 is 0. The molecule has 1 aliphatic heterocycles. The standard InChI is InChI=1S/C19H14N8O4/c28-9-15-21-19(24-23-15)26-4-3-12-11(17(26)29)8-20-18-22-16(25-27(12)18)10-1-2-13-14(7-10)31-6-5-30-13/h1-4,7-8,28H,5-6,9H2,(H,21,23,24). The van der Waals surface area contributed by atoms with E-state index >= 15 is 0 Å². The number of aromatic amines is 1. The van der Waals surface area contributed by atoms with Crippen LogP contribution in [0.4, 0.5) is 0 Å². The molecular weight excluding hydrogens is 404 g/mol. The molecule has 0 spiro atoms. The van der Waals surface area contributed by atoms with Gasteiger partial charge >= 0.3 is 0 Å². The maximum absolute atomic E-state index is 13.0. The molecule has 0 aliphatic carbocycles. The Morgan fingerprint density at radius 3 is 2.84 bits per heavy atom. The number of rotatable bonds is 3. The largest absolute Gasteiger partial charge is 0.486 e. The van der Waals surface area contributed by atoms with E-state index in [0.29, 0.717) is 47.2 Å². The highest BCUT2D eigenvalue weighted by atomic mass is 16.6. The normalized spacial score (nSPS) is 13.2. The Morgan fingerprint density at radius 1 is 1.13 bits per heavy atom. The molecule has 5 heterocycles. The van der Waals surface area contributed by atoms with E-state index in [9.17, 15) is 4.79 Å². The number of aliphatic hydroxyl groups is 1. The van der Waals surface area contributed by atoms with Crippen LogP contribution in [-0.4, -0.2) is 57.7 Å². The molecule has 0 unspecified atom stereocenters. The lowest BCUT2D eigenvalue weighted by Crippen LogP contribution is -2.20. The third-order valence-electron chi connectivity index (χ3n) is 4.92. The molecule has 12 heteroatoms. The molecule has 12 nitrogen and oxygen atoms in total. The van der Waals surface area contributed by atoms with Gasteiger partial charge in [-0.05, 0) is 24.3 Å². The van der Waals surface area contributed by atoms with E-state index in [4.69, 9.17) is 14.6 Å². The lowest BCUT2D eigenvalue weighted by Gasteiger charge is -2.18. The Hall–Kier alpha value is -4.32. The van der Waals surface area contributed by atoms with Crippen molar-refractivity contribution in [1.29, 1.82) is 0 Å². The molecule has 4 aromatic heterocycles. The molecule has 0 atom stereocenters. The first-order chi connectivity index (χ1) is 15.2. The Labute approximate surface area is 172 Å². The van der Waals surface area contributed by atoms with Crippen molar-refractivity contribution in [3.05, 3.63) is 52.8 Å². The third-order valence-corrected chi connectivity index (χ3v) is 4.92. The van der Waals surface area contributed by atoms with Crippen LogP contribution in [0.5, 0.6) is 11.5 Å². The number of fused-ring (bicyclic) bond motifs is 4. The molecule has 0 amide bonds. The van der Waals surface area contributed by atoms with Crippen molar-refractivity contribution in [2.45, 2.75) is 6.61 Å². The topological polar surface area (TPSA) is 145 Å². The van der Waals surface area contributed by atoms with E-state index in [1.807, 2.05) is 18.2 Å². The minimum Gasteiger partial charge on any atom is -0.486 e. The Balaban J connectivity index is 1.48. The molecule has 1 aliphatic rings. The van der Waals surface area contributed by atoms with Crippen molar-refractivity contribution < 1.29 is 14.6 Å². The molecule has 2 N–H and O–H groups in total. The van der Waals surface area contributed by atoms with Crippen molar-refractivity contribution in [3.8, 4) is 28.8 Å². The van der Waals surface area contributed by atoms with Gasteiger partial charge in [-0.15, -0.1) is 10.2 Å². The minimum atomic E-state index is -0.369. The lowest BCUT2D eigenvalue weighted by molar-refractivity contribution is 0.171. The van der Waals surface area contributed by atoms with Crippen LogP contribution >= 0.6 is 0 Å². The van der Waals surface area contributed by atoms with Crippen molar-refractivity contribution >= 4 is 16.7 Å². The van der Waals surface area contributed by atoms with Crippen LogP contribution in [0.2, 0.25) is 0 Å². The second-order valence-corrected chi connectivity index (χ2v) is 6.79. The zero-order chi connectivity index (χ0) is 20.9. The van der Waals surface area contributed by atoms with Gasteiger partial charge < -0.3 is 14.6 Å². The average molecular weight is 418 g/mol. The molecule has 0 radical (unpaired) electrons. The van der Waals surface area contributed by atoms with Gasteiger partial charge in [-0.25, -0.2) is 9.55 Å². The number of hydrogen-bond acceptors (Lipinski definition) is 9. The SMILES string of the molecule is O=c1c2cnc3nc(-c4ccc5c(c4)OCCO5)nn3c2ccn1-c1n[nH]c(CO)n1. The van der Waals surface area contributed by atoms with Gasteiger partial charge in [0.2, 0.25) is 0 Å². The summed E-state index contributed by atoms with van der Waals surface area (Å²) in [5.74, 6) is 2.51. The summed E-state index contributed by atoms with van der Waals surface area (Å²) in [4.78, 5) is 25.8. The van der Waals surface area contributed by atoms with Crippen LogP contribution in [-0.2, 0) is 6.61 Å². The number of ether oxygens (including phenoxy) is 2. The zero-order valence-electron chi connectivity index (χ0n) is 15.9. The van der Waals surface area contributed by atoms with E-state index in [2.05, 4.69) is 30.2 Å².